The third-order valence-electron chi connectivity index (χ3n) is 1.22. The molecule has 0 atom stereocenters. The molecule has 0 saturated heterocycles. The van der Waals surface area contributed by atoms with Gasteiger partial charge in [-0.15, -0.1) is 0 Å². The van der Waals surface area contributed by atoms with Crippen LogP contribution in [0.3, 0.4) is 0 Å². The smallest absolute Gasteiger partial charge is 0.117 e. The average Bonchev–Trinajstić information content (AvgIpc) is 2.16. The predicted molar refractivity (Wildman–Crippen MR) is 49.6 cm³/mol. The molecule has 0 aromatic heterocycles. The molecule has 13 heavy (non-hydrogen) atoms. The van der Waals surface area contributed by atoms with Gasteiger partial charge in [0.15, 0.2) is 0 Å². The van der Waals surface area contributed by atoms with E-state index < -0.39 is 0 Å². The summed E-state index contributed by atoms with van der Waals surface area (Å²) in [6.07, 6.45) is 3.10. The Kier molecular flexibility index (Phi) is 10.6. The summed E-state index contributed by atoms with van der Waals surface area (Å²) in [5.41, 5.74) is 0. The van der Waals surface area contributed by atoms with Gasteiger partial charge in [0.05, 0.1) is 19.8 Å². The second-order valence-corrected chi connectivity index (χ2v) is 2.38. The molecule has 0 saturated carbocycles. The number of hydrogen-bond acceptors (Lipinski definition) is 4. The van der Waals surface area contributed by atoms with Gasteiger partial charge < -0.3 is 19.3 Å². The summed E-state index contributed by atoms with van der Waals surface area (Å²) in [6.45, 7) is 5.03. The van der Waals surface area contributed by atoms with Crippen LogP contribution in [0.25, 0.3) is 0 Å². The molecule has 0 bridgehead atoms. The first-order chi connectivity index (χ1) is 6.41. The Balaban J connectivity index is 2.83. The number of aliphatic hydroxyl groups excluding tert-OH is 1. The number of aliphatic hydroxyl groups is 1. The Labute approximate surface area is 79.1 Å². The Hall–Kier alpha value is -0.740. The van der Waals surface area contributed by atoms with Crippen molar-refractivity contribution < 1.29 is 19.3 Å². The van der Waals surface area contributed by atoms with Gasteiger partial charge in [-0.25, -0.2) is 0 Å². The zero-order valence-electron chi connectivity index (χ0n) is 8.07. The van der Waals surface area contributed by atoms with Crippen LogP contribution in [-0.4, -0.2) is 38.1 Å². The maximum absolute atomic E-state index is 8.20. The summed E-state index contributed by atoms with van der Waals surface area (Å²) in [5.74, 6) is 0. The van der Waals surface area contributed by atoms with E-state index in [0.29, 0.717) is 26.4 Å². The Morgan fingerprint density at radius 1 is 1.00 bits per heavy atom. The minimum absolute atomic E-state index is 0.449. The molecule has 4 nitrogen and oxygen atoms in total. The van der Waals surface area contributed by atoms with Crippen LogP contribution in [0.5, 0.6) is 0 Å². The summed E-state index contributed by atoms with van der Waals surface area (Å²) in [4.78, 5) is 0. The van der Waals surface area contributed by atoms with Crippen molar-refractivity contribution in [2.45, 2.75) is 13.3 Å². The topological polar surface area (TPSA) is 47.9 Å². The highest BCUT2D eigenvalue weighted by Crippen LogP contribution is 1.83. The van der Waals surface area contributed by atoms with E-state index in [1.165, 1.54) is 6.26 Å². The van der Waals surface area contributed by atoms with Gasteiger partial charge >= 0.3 is 0 Å². The van der Waals surface area contributed by atoms with Crippen LogP contribution in [0, 0.1) is 0 Å². The lowest BCUT2D eigenvalue weighted by molar-refractivity contribution is 0.0303. The Bertz CT molecular complexity index is 114. The molecule has 0 unspecified atom stereocenters. The molecular formula is C9H18O4. The Morgan fingerprint density at radius 2 is 1.62 bits per heavy atom. The first-order valence-corrected chi connectivity index (χ1v) is 4.48. The normalized spacial score (nSPS) is 10.8. The van der Waals surface area contributed by atoms with Crippen LogP contribution in [0.15, 0.2) is 12.5 Å². The fraction of sp³-hybridized carbons (Fsp3) is 0.778. The Morgan fingerprint density at radius 3 is 2.23 bits per heavy atom. The second kappa shape index (κ2) is 11.3. The van der Waals surface area contributed by atoms with Crippen molar-refractivity contribution in [1.82, 2.24) is 0 Å². The molecule has 78 valence electrons. The minimum Gasteiger partial charge on any atom is -0.512 e. The quantitative estimate of drug-likeness (QED) is 0.442. The van der Waals surface area contributed by atoms with Crippen LogP contribution in [-0.2, 0) is 14.2 Å². The molecular weight excluding hydrogens is 172 g/mol. The molecule has 0 heterocycles. The zero-order valence-corrected chi connectivity index (χ0v) is 8.07. The molecule has 0 aliphatic carbocycles. The van der Waals surface area contributed by atoms with Crippen LogP contribution < -0.4 is 0 Å². The van der Waals surface area contributed by atoms with E-state index in [0.717, 1.165) is 19.3 Å². The van der Waals surface area contributed by atoms with Crippen molar-refractivity contribution in [1.29, 1.82) is 0 Å². The average molecular weight is 190 g/mol. The van der Waals surface area contributed by atoms with E-state index in [-0.39, 0.29) is 0 Å². The van der Waals surface area contributed by atoms with Crippen LogP contribution in [0.1, 0.15) is 13.3 Å². The highest BCUT2D eigenvalue weighted by molar-refractivity contribution is 4.56. The lowest BCUT2D eigenvalue weighted by Crippen LogP contribution is -2.08. The van der Waals surface area contributed by atoms with Crippen LogP contribution in [0.4, 0.5) is 0 Å². The van der Waals surface area contributed by atoms with Crippen molar-refractivity contribution in [3.05, 3.63) is 12.5 Å². The van der Waals surface area contributed by atoms with Crippen LogP contribution in [0.2, 0.25) is 0 Å². The lowest BCUT2D eigenvalue weighted by Gasteiger charge is -2.04. The maximum Gasteiger partial charge on any atom is 0.117 e. The molecule has 0 aliphatic rings. The van der Waals surface area contributed by atoms with Crippen molar-refractivity contribution >= 4 is 0 Å². The highest BCUT2D eigenvalue weighted by atomic mass is 16.5. The molecule has 0 aromatic carbocycles. The van der Waals surface area contributed by atoms with E-state index in [1.807, 2.05) is 0 Å². The molecule has 0 radical (unpaired) electrons. The molecule has 0 aromatic rings. The minimum atomic E-state index is 0.449. The van der Waals surface area contributed by atoms with Gasteiger partial charge in [0.25, 0.3) is 0 Å². The number of rotatable bonds is 9. The van der Waals surface area contributed by atoms with E-state index in [1.54, 1.807) is 0 Å². The summed E-state index contributed by atoms with van der Waals surface area (Å²) in [5, 5.41) is 8.20. The summed E-state index contributed by atoms with van der Waals surface area (Å²) >= 11 is 0. The largest absolute Gasteiger partial charge is 0.512 e. The van der Waals surface area contributed by atoms with E-state index in [2.05, 4.69) is 6.92 Å². The van der Waals surface area contributed by atoms with Gasteiger partial charge in [0.2, 0.25) is 0 Å². The maximum atomic E-state index is 8.20. The van der Waals surface area contributed by atoms with Gasteiger partial charge in [-0.05, 0) is 6.42 Å². The monoisotopic (exact) mass is 190 g/mol. The summed E-state index contributed by atoms with van der Waals surface area (Å²) in [6, 6.07) is 0. The fourth-order valence-corrected chi connectivity index (χ4v) is 0.684. The fourth-order valence-electron chi connectivity index (χ4n) is 0.684. The molecule has 0 rings (SSSR count). The van der Waals surface area contributed by atoms with Crippen molar-refractivity contribution in [2.75, 3.05) is 33.0 Å². The number of hydrogen-bond donors (Lipinski definition) is 1. The van der Waals surface area contributed by atoms with Gasteiger partial charge in [-0.3, -0.25) is 0 Å². The predicted octanol–water partition coefficient (Wildman–Crippen LogP) is 1.48. The second-order valence-electron chi connectivity index (χ2n) is 2.38. The molecule has 0 aliphatic heterocycles. The third kappa shape index (κ3) is 11.3. The molecule has 0 amide bonds. The lowest BCUT2D eigenvalue weighted by atomic mass is 10.5. The van der Waals surface area contributed by atoms with Gasteiger partial charge in [-0.2, -0.15) is 0 Å². The van der Waals surface area contributed by atoms with E-state index >= 15 is 0 Å². The summed E-state index contributed by atoms with van der Waals surface area (Å²) < 4.78 is 15.2. The van der Waals surface area contributed by atoms with Crippen LogP contribution >= 0.6 is 0 Å². The first-order valence-electron chi connectivity index (χ1n) is 4.48. The molecule has 0 spiro atoms. The van der Waals surface area contributed by atoms with E-state index in [9.17, 15) is 0 Å². The number of ether oxygens (including phenoxy) is 3. The zero-order chi connectivity index (χ0) is 9.78. The summed E-state index contributed by atoms with van der Waals surface area (Å²) in [7, 11) is 0. The van der Waals surface area contributed by atoms with E-state index in [4.69, 9.17) is 19.3 Å². The third-order valence-corrected chi connectivity index (χ3v) is 1.22. The highest BCUT2D eigenvalue weighted by Gasteiger charge is 1.88. The SMILES string of the molecule is CCCOCCOCCOC=CO. The first kappa shape index (κ1) is 12.3. The molecule has 4 heteroatoms. The standard InChI is InChI=1S/C9H18O4/c1-2-4-11-6-8-13-9-7-12-5-3-10/h3,5,10H,2,4,6-9H2,1H3. The molecule has 0 fully saturated rings. The van der Waals surface area contributed by atoms with Gasteiger partial charge in [0.1, 0.15) is 19.1 Å². The van der Waals surface area contributed by atoms with Gasteiger partial charge in [-0.1, -0.05) is 6.92 Å². The van der Waals surface area contributed by atoms with Crippen molar-refractivity contribution in [3.63, 3.8) is 0 Å². The van der Waals surface area contributed by atoms with Gasteiger partial charge in [0, 0.05) is 6.61 Å². The molecule has 1 N–H and O–H groups in total. The van der Waals surface area contributed by atoms with Crippen molar-refractivity contribution in [3.8, 4) is 0 Å². The van der Waals surface area contributed by atoms with Crippen molar-refractivity contribution in [2.24, 2.45) is 0 Å².